The molecule has 33 heavy (non-hydrogen) atoms. The van der Waals surface area contributed by atoms with Gasteiger partial charge in [0.2, 0.25) is 11.8 Å². The average Bonchev–Trinajstić information content (AvgIpc) is 2.93. The second-order valence-corrected chi connectivity index (χ2v) is 7.70. The van der Waals surface area contributed by atoms with Gasteiger partial charge in [0.1, 0.15) is 5.82 Å². The van der Waals surface area contributed by atoms with Gasteiger partial charge in [-0.15, -0.1) is 12.4 Å². The minimum Gasteiger partial charge on any atom is -0.493 e. The molecule has 0 unspecified atom stereocenters. The summed E-state index contributed by atoms with van der Waals surface area (Å²) in [4.78, 5) is 32.3. The van der Waals surface area contributed by atoms with Gasteiger partial charge in [0.25, 0.3) is 0 Å². The molecule has 0 radical (unpaired) electrons. The zero-order chi connectivity index (χ0) is 23.1. The van der Waals surface area contributed by atoms with Crippen LogP contribution in [0.4, 0.5) is 5.82 Å². The molecule has 1 aliphatic rings. The highest BCUT2D eigenvalue weighted by molar-refractivity contribution is 5.91. The van der Waals surface area contributed by atoms with E-state index < -0.39 is 0 Å². The molecule has 0 saturated carbocycles. The second-order valence-electron chi connectivity index (χ2n) is 7.70. The van der Waals surface area contributed by atoms with E-state index in [0.29, 0.717) is 37.0 Å². The number of hydrogen-bond donors (Lipinski definition) is 1. The summed E-state index contributed by atoms with van der Waals surface area (Å²) in [5.41, 5.74) is 2.59. The summed E-state index contributed by atoms with van der Waals surface area (Å²) in [5.74, 6) is 1.88. The molecule has 1 aliphatic heterocycles. The first kappa shape index (κ1) is 26.0. The second kappa shape index (κ2) is 12.1. The van der Waals surface area contributed by atoms with Gasteiger partial charge in [-0.1, -0.05) is 19.1 Å². The van der Waals surface area contributed by atoms with E-state index >= 15 is 0 Å². The Balaban J connectivity index is 0.00000385. The number of carbonyl (C=O) groups is 2. The molecule has 2 amide bonds. The van der Waals surface area contributed by atoms with Gasteiger partial charge in [0.15, 0.2) is 11.5 Å². The molecular formula is C24H31ClN4O4. The van der Waals surface area contributed by atoms with E-state index in [0.717, 1.165) is 23.1 Å². The van der Waals surface area contributed by atoms with E-state index in [4.69, 9.17) is 9.47 Å². The Morgan fingerprint density at radius 1 is 1.36 bits per heavy atom. The molecule has 2 heterocycles. The smallest absolute Gasteiger partial charge is 0.246 e. The Morgan fingerprint density at radius 3 is 2.88 bits per heavy atom. The number of fused-ring (bicyclic) bond motifs is 1. The molecule has 1 aromatic heterocycles. The van der Waals surface area contributed by atoms with Gasteiger partial charge < -0.3 is 24.6 Å². The van der Waals surface area contributed by atoms with Crippen LogP contribution in [0.15, 0.2) is 36.5 Å². The third kappa shape index (κ3) is 6.61. The van der Waals surface area contributed by atoms with Crippen LogP contribution >= 0.6 is 12.4 Å². The summed E-state index contributed by atoms with van der Waals surface area (Å²) < 4.78 is 11.3. The highest BCUT2D eigenvalue weighted by Gasteiger charge is 2.18. The van der Waals surface area contributed by atoms with E-state index in [2.05, 4.69) is 10.3 Å². The molecule has 0 saturated heterocycles. The summed E-state index contributed by atoms with van der Waals surface area (Å²) in [6, 6.07) is 7.61. The number of rotatable bonds is 8. The predicted molar refractivity (Wildman–Crippen MR) is 131 cm³/mol. The summed E-state index contributed by atoms with van der Waals surface area (Å²) in [5, 5.41) is 3.05. The molecule has 2 aromatic rings. The zero-order valence-corrected chi connectivity index (χ0v) is 20.3. The highest BCUT2D eigenvalue weighted by Crippen LogP contribution is 2.32. The number of anilines is 1. The lowest BCUT2D eigenvalue weighted by Gasteiger charge is -2.19. The number of aromatic nitrogens is 1. The van der Waals surface area contributed by atoms with Gasteiger partial charge in [-0.3, -0.25) is 9.59 Å². The number of carbonyl (C=O) groups excluding carboxylic acids is 2. The van der Waals surface area contributed by atoms with Crippen LogP contribution in [-0.2, 0) is 22.7 Å². The van der Waals surface area contributed by atoms with Gasteiger partial charge >= 0.3 is 0 Å². The minimum absolute atomic E-state index is 0. The quantitative estimate of drug-likeness (QED) is 0.591. The van der Waals surface area contributed by atoms with Crippen LogP contribution in [0.25, 0.3) is 6.08 Å². The van der Waals surface area contributed by atoms with Crippen molar-refractivity contribution in [3.8, 4) is 11.5 Å². The Labute approximate surface area is 201 Å². The van der Waals surface area contributed by atoms with E-state index in [1.165, 1.54) is 6.08 Å². The molecule has 9 heteroatoms. The lowest BCUT2D eigenvalue weighted by Crippen LogP contribution is -2.28. The number of hydrogen-bond acceptors (Lipinski definition) is 6. The molecule has 3 rings (SSSR count). The standard InChI is InChI=1S/C24H30N4O4.ClH/c1-5-11-32-23-18(7-6-8-20(23)31-4)15-27(2)21(29)10-9-17-12-19-16-28(3)22(30)14-26-24(19)25-13-17;/h6-10,12-13H,5,11,14-16H2,1-4H3,(H,25,26);1H/b10-9+;. The largest absolute Gasteiger partial charge is 0.493 e. The van der Waals surface area contributed by atoms with Crippen LogP contribution < -0.4 is 14.8 Å². The molecule has 0 aliphatic carbocycles. The topological polar surface area (TPSA) is 84.0 Å². The Hall–Kier alpha value is -3.26. The fourth-order valence-corrected chi connectivity index (χ4v) is 3.38. The number of ether oxygens (including phenoxy) is 2. The van der Waals surface area contributed by atoms with Crippen molar-refractivity contribution < 1.29 is 19.1 Å². The Bertz CT molecular complexity index is 1010. The number of para-hydroxylation sites is 1. The highest BCUT2D eigenvalue weighted by atomic mass is 35.5. The van der Waals surface area contributed by atoms with Crippen molar-refractivity contribution >= 4 is 36.1 Å². The van der Waals surface area contributed by atoms with Crippen LogP contribution in [0.2, 0.25) is 0 Å². The molecule has 0 spiro atoms. The molecule has 8 nitrogen and oxygen atoms in total. The predicted octanol–water partition coefficient (Wildman–Crippen LogP) is 3.36. The lowest BCUT2D eigenvalue weighted by molar-refractivity contribution is -0.128. The van der Waals surface area contributed by atoms with Crippen molar-refractivity contribution in [1.29, 1.82) is 0 Å². The van der Waals surface area contributed by atoms with Crippen LogP contribution in [0.1, 0.15) is 30.0 Å². The number of pyridine rings is 1. The Morgan fingerprint density at radius 2 is 2.15 bits per heavy atom. The van der Waals surface area contributed by atoms with E-state index in [-0.39, 0.29) is 30.8 Å². The Kier molecular flexibility index (Phi) is 9.54. The number of amides is 2. The maximum atomic E-state index is 12.7. The van der Waals surface area contributed by atoms with E-state index in [1.54, 1.807) is 43.3 Å². The first-order chi connectivity index (χ1) is 15.4. The molecule has 0 fully saturated rings. The summed E-state index contributed by atoms with van der Waals surface area (Å²) >= 11 is 0. The van der Waals surface area contributed by atoms with Gasteiger partial charge in [-0.2, -0.15) is 0 Å². The van der Waals surface area contributed by atoms with Crippen LogP contribution in [0, 0.1) is 0 Å². The van der Waals surface area contributed by atoms with Crippen molar-refractivity contribution in [3.05, 3.63) is 53.2 Å². The van der Waals surface area contributed by atoms with Crippen molar-refractivity contribution in [3.63, 3.8) is 0 Å². The normalized spacial score (nSPS) is 13.0. The molecule has 0 bridgehead atoms. The van der Waals surface area contributed by atoms with Crippen molar-refractivity contribution in [2.24, 2.45) is 0 Å². The monoisotopic (exact) mass is 474 g/mol. The van der Waals surface area contributed by atoms with Gasteiger partial charge in [0, 0.05) is 50.6 Å². The summed E-state index contributed by atoms with van der Waals surface area (Å²) in [6.45, 7) is 3.70. The van der Waals surface area contributed by atoms with Crippen LogP contribution in [0.5, 0.6) is 11.5 Å². The van der Waals surface area contributed by atoms with E-state index in [1.807, 2.05) is 31.2 Å². The molecule has 1 aromatic carbocycles. The van der Waals surface area contributed by atoms with Crippen molar-refractivity contribution in [2.45, 2.75) is 26.4 Å². The maximum Gasteiger partial charge on any atom is 0.246 e. The number of halogens is 1. The molecule has 0 atom stereocenters. The number of nitrogens with one attached hydrogen (secondary N) is 1. The van der Waals surface area contributed by atoms with Gasteiger partial charge in [-0.25, -0.2) is 4.98 Å². The maximum absolute atomic E-state index is 12.7. The first-order valence-corrected chi connectivity index (χ1v) is 10.6. The van der Waals surface area contributed by atoms with E-state index in [9.17, 15) is 9.59 Å². The van der Waals surface area contributed by atoms with Crippen LogP contribution in [0.3, 0.4) is 0 Å². The fourth-order valence-electron chi connectivity index (χ4n) is 3.38. The third-order valence-corrected chi connectivity index (χ3v) is 5.16. The summed E-state index contributed by atoms with van der Waals surface area (Å²) in [7, 11) is 5.11. The number of methoxy groups -OCH3 is 1. The van der Waals surface area contributed by atoms with Crippen molar-refractivity contribution in [2.75, 3.05) is 39.7 Å². The molecule has 1 N–H and O–H groups in total. The number of nitrogens with zero attached hydrogens (tertiary/aromatic N) is 3. The average molecular weight is 475 g/mol. The number of likely N-dealkylation sites (N-methyl/N-ethyl adjacent to an activating group) is 2. The SMILES string of the molecule is CCCOc1c(CN(C)C(=O)/C=C/c2cnc3c(c2)CN(C)C(=O)CN3)cccc1OC.Cl. The third-order valence-electron chi connectivity index (χ3n) is 5.16. The fraction of sp³-hybridized carbons (Fsp3) is 0.375. The zero-order valence-electron chi connectivity index (χ0n) is 19.5. The first-order valence-electron chi connectivity index (χ1n) is 10.6. The lowest BCUT2D eigenvalue weighted by atomic mass is 10.1. The number of benzene rings is 1. The molecular weight excluding hydrogens is 444 g/mol. The van der Waals surface area contributed by atoms with Crippen LogP contribution in [-0.4, -0.2) is 61.0 Å². The minimum atomic E-state index is -0.144. The van der Waals surface area contributed by atoms with Gasteiger partial charge in [-0.05, 0) is 30.2 Å². The van der Waals surface area contributed by atoms with Crippen molar-refractivity contribution in [1.82, 2.24) is 14.8 Å². The molecule has 178 valence electrons. The summed E-state index contributed by atoms with van der Waals surface area (Å²) in [6.07, 6.45) is 5.82. The van der Waals surface area contributed by atoms with Gasteiger partial charge in [0.05, 0.1) is 20.3 Å².